The number of nitrogens with two attached hydrogens (primary N) is 1. The summed E-state index contributed by atoms with van der Waals surface area (Å²) >= 11 is 2.42. The number of aryl methyl sites for hydroxylation is 1. The monoisotopic (exact) mass is 608 g/mol. The zero-order valence-electron chi connectivity index (χ0n) is 22.8. The molecule has 2 aromatic rings. The number of ether oxygens (including phenoxy) is 3. The molecule has 3 N–H and O–H groups in total. The summed E-state index contributed by atoms with van der Waals surface area (Å²) in [4.78, 5) is 61.6. The number of nitrogens with one attached hydrogen (secondary N) is 1. The summed E-state index contributed by atoms with van der Waals surface area (Å²) in [5, 5.41) is 11.2. The maximum atomic E-state index is 13.3. The van der Waals surface area contributed by atoms with Crippen LogP contribution in [-0.4, -0.2) is 82.2 Å². The highest BCUT2D eigenvalue weighted by Gasteiger charge is 2.55. The lowest BCUT2D eigenvalue weighted by Crippen LogP contribution is -2.71. The third kappa shape index (κ3) is 6.62. The van der Waals surface area contributed by atoms with E-state index in [-0.39, 0.29) is 40.5 Å². The van der Waals surface area contributed by atoms with Crippen LogP contribution in [0.25, 0.3) is 0 Å². The molecular formula is C24H28N6O9S2. The van der Waals surface area contributed by atoms with E-state index in [9.17, 15) is 19.2 Å². The molecule has 41 heavy (non-hydrogen) atoms. The number of hydrogen-bond acceptors (Lipinski definition) is 15. The topological polar surface area (TPSA) is 198 Å². The molecule has 0 aromatic carbocycles. The third-order valence-electron chi connectivity index (χ3n) is 5.68. The number of oxime groups is 1. The first kappa shape index (κ1) is 29.9. The Bertz CT molecular complexity index is 1410. The number of nitrogens with zero attached hydrogens (tertiary/aromatic N) is 4. The zero-order valence-corrected chi connectivity index (χ0v) is 24.4. The fourth-order valence-electron chi connectivity index (χ4n) is 3.68. The van der Waals surface area contributed by atoms with Crippen molar-refractivity contribution in [3.63, 3.8) is 0 Å². The molecule has 2 aliphatic heterocycles. The van der Waals surface area contributed by atoms with Crippen molar-refractivity contribution in [1.82, 2.24) is 20.4 Å². The van der Waals surface area contributed by atoms with E-state index in [1.54, 1.807) is 33.8 Å². The fraction of sp³-hybridized carbons (Fsp3) is 0.458. The summed E-state index contributed by atoms with van der Waals surface area (Å²) in [5.74, 6) is -1.77. The van der Waals surface area contributed by atoms with Gasteiger partial charge in [-0.2, -0.15) is 0 Å². The number of esters is 2. The van der Waals surface area contributed by atoms with Crippen molar-refractivity contribution >= 4 is 57.7 Å². The molecule has 0 radical (unpaired) electrons. The third-order valence-corrected chi connectivity index (χ3v) is 7.70. The van der Waals surface area contributed by atoms with Gasteiger partial charge in [-0.25, -0.2) is 9.78 Å². The van der Waals surface area contributed by atoms with Gasteiger partial charge >= 0.3 is 11.9 Å². The van der Waals surface area contributed by atoms with Gasteiger partial charge in [-0.15, -0.1) is 23.1 Å². The smallest absolute Gasteiger partial charge is 0.358 e. The summed E-state index contributed by atoms with van der Waals surface area (Å²) in [6, 6.07) is 0.575. The van der Waals surface area contributed by atoms with Crippen molar-refractivity contribution in [3.8, 4) is 5.88 Å². The number of β-lactam (4-membered cyclic amide) rings is 1. The second-order valence-corrected chi connectivity index (χ2v) is 11.8. The van der Waals surface area contributed by atoms with Crippen molar-refractivity contribution in [2.45, 2.75) is 39.1 Å². The summed E-state index contributed by atoms with van der Waals surface area (Å²) in [7, 11) is 1.27. The molecule has 1 saturated heterocycles. The van der Waals surface area contributed by atoms with Gasteiger partial charge in [-0.3, -0.25) is 19.3 Å². The first-order chi connectivity index (χ1) is 19.4. The quantitative estimate of drug-likeness (QED) is 0.128. The van der Waals surface area contributed by atoms with Crippen LogP contribution in [-0.2, 0) is 33.5 Å². The highest BCUT2D eigenvalue weighted by atomic mass is 32.2. The standard InChI is InChI=1S/C24H28N6O9S2/c1-11-6-14(28-39-11)36-7-12-8-40-20-16(27-18(31)15(29-35-5)13-9-41-23(25)26-13)19(32)30(20)17(12)21(33)37-10-38-22(34)24(2,3)4/h6,9,16,20H,7-8,10H2,1-5H3,(H2,25,26)(H,27,31)/b29-15-/t16-,20-/m1/s1. The molecule has 4 heterocycles. The number of hydrogen-bond donors (Lipinski definition) is 2. The molecule has 2 amide bonds. The van der Waals surface area contributed by atoms with Gasteiger partial charge < -0.3 is 34.6 Å². The van der Waals surface area contributed by atoms with Crippen LogP contribution in [0, 0.1) is 12.3 Å². The second kappa shape index (κ2) is 12.2. The zero-order chi connectivity index (χ0) is 29.9. The van der Waals surface area contributed by atoms with Gasteiger partial charge in [0.1, 0.15) is 42.3 Å². The van der Waals surface area contributed by atoms with Crippen LogP contribution in [0.15, 0.2) is 32.4 Å². The second-order valence-electron chi connectivity index (χ2n) is 9.80. The number of rotatable bonds is 10. The number of fused-ring (bicyclic) bond motifs is 1. The van der Waals surface area contributed by atoms with Crippen LogP contribution < -0.4 is 15.8 Å². The molecule has 0 spiro atoms. The lowest BCUT2D eigenvalue weighted by atomic mass is 9.98. The van der Waals surface area contributed by atoms with Crippen molar-refractivity contribution in [1.29, 1.82) is 0 Å². The van der Waals surface area contributed by atoms with Gasteiger partial charge in [0.25, 0.3) is 17.7 Å². The largest absolute Gasteiger partial charge is 0.471 e. The van der Waals surface area contributed by atoms with Gasteiger partial charge in [0.15, 0.2) is 10.8 Å². The van der Waals surface area contributed by atoms with E-state index in [1.807, 2.05) is 0 Å². The van der Waals surface area contributed by atoms with E-state index in [1.165, 1.54) is 29.2 Å². The molecule has 0 bridgehead atoms. The number of carbonyl (C=O) groups is 4. The molecule has 220 valence electrons. The highest BCUT2D eigenvalue weighted by Crippen LogP contribution is 2.41. The minimum Gasteiger partial charge on any atom is -0.471 e. The number of nitrogen functional groups attached to an aromatic ring is 1. The molecule has 1 fully saturated rings. The predicted molar refractivity (Wildman–Crippen MR) is 145 cm³/mol. The summed E-state index contributed by atoms with van der Waals surface area (Å²) in [6.07, 6.45) is 0. The summed E-state index contributed by atoms with van der Waals surface area (Å²) < 4.78 is 20.9. The van der Waals surface area contributed by atoms with Crippen molar-refractivity contribution in [2.75, 3.05) is 32.0 Å². The molecular weight excluding hydrogens is 580 g/mol. The summed E-state index contributed by atoms with van der Waals surface area (Å²) in [6.45, 7) is 5.91. The van der Waals surface area contributed by atoms with Crippen molar-refractivity contribution in [2.24, 2.45) is 10.6 Å². The Morgan fingerprint density at radius 2 is 2.05 bits per heavy atom. The Hall–Kier alpha value is -4.12. The van der Waals surface area contributed by atoms with Crippen LogP contribution in [0.4, 0.5) is 5.13 Å². The lowest BCUT2D eigenvalue weighted by Gasteiger charge is -2.49. The normalized spacial score (nSPS) is 18.8. The van der Waals surface area contributed by atoms with E-state index < -0.39 is 47.4 Å². The van der Waals surface area contributed by atoms with Gasteiger partial charge in [0, 0.05) is 22.8 Å². The minimum absolute atomic E-state index is 0.0747. The van der Waals surface area contributed by atoms with Gasteiger partial charge in [-0.1, -0.05) is 5.16 Å². The predicted octanol–water partition coefficient (Wildman–Crippen LogP) is 1.20. The molecule has 17 heteroatoms. The van der Waals surface area contributed by atoms with Gasteiger partial charge in [-0.05, 0) is 32.9 Å². The molecule has 2 aromatic heterocycles. The van der Waals surface area contributed by atoms with Crippen LogP contribution in [0.1, 0.15) is 32.2 Å². The lowest BCUT2D eigenvalue weighted by molar-refractivity contribution is -0.173. The van der Waals surface area contributed by atoms with Gasteiger partial charge in [0.05, 0.1) is 5.41 Å². The number of amides is 2. The highest BCUT2D eigenvalue weighted by molar-refractivity contribution is 8.00. The first-order valence-corrected chi connectivity index (χ1v) is 14.0. The molecule has 0 unspecified atom stereocenters. The first-order valence-electron chi connectivity index (χ1n) is 12.1. The molecule has 2 atom stereocenters. The number of anilines is 1. The van der Waals surface area contributed by atoms with E-state index in [0.717, 1.165) is 11.3 Å². The summed E-state index contributed by atoms with van der Waals surface area (Å²) in [5.41, 5.74) is 5.24. The van der Waals surface area contributed by atoms with Crippen LogP contribution in [0.5, 0.6) is 5.88 Å². The van der Waals surface area contributed by atoms with Gasteiger partial charge in [0.2, 0.25) is 6.79 Å². The fourth-order valence-corrected chi connectivity index (χ4v) is 5.55. The van der Waals surface area contributed by atoms with E-state index in [0.29, 0.717) is 11.3 Å². The number of carbonyl (C=O) groups excluding carboxylic acids is 4. The number of thiazole rings is 1. The SMILES string of the molecule is CO/N=C(\C(=O)N[C@@H]1C(=O)N2C(C(=O)OCOC(=O)C(C)(C)C)=C(COc3cc(C)on3)CS[C@H]12)c1csc(N)n1. The van der Waals surface area contributed by atoms with E-state index in [4.69, 9.17) is 29.3 Å². The molecule has 0 aliphatic carbocycles. The average Bonchev–Trinajstić information content (AvgIpc) is 3.54. The van der Waals surface area contributed by atoms with Crippen LogP contribution in [0.3, 0.4) is 0 Å². The maximum absolute atomic E-state index is 13.3. The number of thioether (sulfide) groups is 1. The number of aromatic nitrogens is 2. The Labute approximate surface area is 242 Å². The maximum Gasteiger partial charge on any atom is 0.358 e. The van der Waals surface area contributed by atoms with E-state index in [2.05, 4.69) is 20.6 Å². The van der Waals surface area contributed by atoms with E-state index >= 15 is 0 Å². The molecule has 2 aliphatic rings. The molecule has 0 saturated carbocycles. The Morgan fingerprint density at radius 1 is 1.29 bits per heavy atom. The van der Waals surface area contributed by atoms with Crippen molar-refractivity contribution < 1.29 is 42.7 Å². The Kier molecular flexibility index (Phi) is 8.86. The van der Waals surface area contributed by atoms with Crippen molar-refractivity contribution in [3.05, 3.63) is 34.2 Å². The average molecular weight is 609 g/mol. The molecule has 15 nitrogen and oxygen atoms in total. The minimum atomic E-state index is -0.993. The molecule has 4 rings (SSSR count). The van der Waals surface area contributed by atoms with Crippen LogP contribution >= 0.6 is 23.1 Å². The van der Waals surface area contributed by atoms with Crippen LogP contribution in [0.2, 0.25) is 0 Å². The Morgan fingerprint density at radius 3 is 2.66 bits per heavy atom. The Balaban J connectivity index is 1.51.